The van der Waals surface area contributed by atoms with Gasteiger partial charge in [-0.05, 0) is 23.8 Å². The normalized spacial score (nSPS) is 18.2. The molecule has 0 aromatic heterocycles. The molecule has 1 saturated heterocycles. The van der Waals surface area contributed by atoms with Crippen LogP contribution in [-0.4, -0.2) is 27.5 Å². The second kappa shape index (κ2) is 3.44. The van der Waals surface area contributed by atoms with Gasteiger partial charge in [-0.25, -0.2) is 18.5 Å². The van der Waals surface area contributed by atoms with Gasteiger partial charge < -0.3 is 10.2 Å². The third-order valence-electron chi connectivity index (χ3n) is 2.94. The molecule has 0 saturated carbocycles. The molecule has 0 radical (unpaired) electrons. The second-order valence-corrected chi connectivity index (χ2v) is 5.62. The van der Waals surface area contributed by atoms with Gasteiger partial charge in [0, 0.05) is 18.8 Å². The minimum Gasteiger partial charge on any atom is -0.354 e. The molecule has 3 N–H and O–H groups in total. The molecule has 1 aromatic rings. The number of primary sulfonamides is 1. The Bertz CT molecular complexity index is 609. The van der Waals surface area contributed by atoms with Crippen LogP contribution in [0.25, 0.3) is 0 Å². The van der Waals surface area contributed by atoms with Gasteiger partial charge in [0.05, 0.1) is 11.4 Å². The number of anilines is 1. The summed E-state index contributed by atoms with van der Waals surface area (Å²) in [6, 6.07) is 4.93. The fraction of sp³-hybridized carbons (Fsp3) is 0.300. The van der Waals surface area contributed by atoms with E-state index in [-0.39, 0.29) is 4.90 Å². The third kappa shape index (κ3) is 1.67. The molecule has 3 rings (SSSR count). The molecule has 2 heterocycles. The first-order valence-electron chi connectivity index (χ1n) is 5.27. The minimum atomic E-state index is -3.64. The zero-order chi connectivity index (χ0) is 12.0. The summed E-state index contributed by atoms with van der Waals surface area (Å²) in [6.07, 6.45) is 0. The predicted octanol–water partition coefficient (Wildman–Crippen LogP) is -0.387. The summed E-state index contributed by atoms with van der Waals surface area (Å²) >= 11 is 0. The number of aliphatic imine (C=N–C) groups is 1. The highest BCUT2D eigenvalue weighted by Gasteiger charge is 2.26. The highest BCUT2D eigenvalue weighted by molar-refractivity contribution is 7.89. The van der Waals surface area contributed by atoms with Gasteiger partial charge in [-0.1, -0.05) is 0 Å². The Morgan fingerprint density at radius 3 is 3.00 bits per heavy atom. The summed E-state index contributed by atoms with van der Waals surface area (Å²) in [4.78, 5) is 6.54. The van der Waals surface area contributed by atoms with Crippen molar-refractivity contribution in [3.63, 3.8) is 0 Å². The number of fused-ring (bicyclic) bond motifs is 3. The van der Waals surface area contributed by atoms with Crippen molar-refractivity contribution in [2.75, 3.05) is 18.0 Å². The number of rotatable bonds is 1. The number of nitrogens with two attached hydrogens (primary N) is 1. The first kappa shape index (κ1) is 10.5. The van der Waals surface area contributed by atoms with Gasteiger partial charge in [-0.3, -0.25) is 0 Å². The van der Waals surface area contributed by atoms with E-state index < -0.39 is 10.0 Å². The lowest BCUT2D eigenvalue weighted by Gasteiger charge is -2.25. The molecule has 1 fully saturated rings. The molecule has 0 atom stereocenters. The number of benzene rings is 1. The average Bonchev–Trinajstić information content (AvgIpc) is 2.75. The molecule has 0 amide bonds. The fourth-order valence-corrected chi connectivity index (χ4v) is 2.71. The quantitative estimate of drug-likeness (QED) is 0.712. The summed E-state index contributed by atoms with van der Waals surface area (Å²) in [6.45, 7) is 2.19. The molecule has 0 unspecified atom stereocenters. The van der Waals surface area contributed by atoms with E-state index in [1.54, 1.807) is 12.1 Å². The summed E-state index contributed by atoms with van der Waals surface area (Å²) in [7, 11) is -3.64. The molecule has 2 aliphatic heterocycles. The van der Waals surface area contributed by atoms with Crippen LogP contribution in [0.4, 0.5) is 5.69 Å². The lowest BCUT2D eigenvalue weighted by atomic mass is 10.1. The van der Waals surface area contributed by atoms with Crippen LogP contribution >= 0.6 is 0 Å². The lowest BCUT2D eigenvalue weighted by Crippen LogP contribution is -2.33. The number of nitrogens with one attached hydrogen (secondary N) is 1. The fourth-order valence-electron chi connectivity index (χ4n) is 2.15. The van der Waals surface area contributed by atoms with Crippen LogP contribution in [-0.2, 0) is 16.6 Å². The minimum absolute atomic E-state index is 0.141. The SMILES string of the molecule is NS(=O)(=O)c1ccc2c(c1)CN=C1NCCN12. The van der Waals surface area contributed by atoms with E-state index in [2.05, 4.69) is 10.3 Å². The Hall–Kier alpha value is -1.60. The van der Waals surface area contributed by atoms with Crippen molar-refractivity contribution < 1.29 is 8.42 Å². The Balaban J connectivity index is 2.09. The number of guanidine groups is 1. The highest BCUT2D eigenvalue weighted by atomic mass is 32.2. The molecular formula is C10H12N4O2S. The number of hydrogen-bond acceptors (Lipinski definition) is 5. The zero-order valence-electron chi connectivity index (χ0n) is 9.05. The molecule has 0 spiro atoms. The van der Waals surface area contributed by atoms with Crippen LogP contribution in [0.3, 0.4) is 0 Å². The Morgan fingerprint density at radius 1 is 1.41 bits per heavy atom. The molecule has 0 aliphatic carbocycles. The molecule has 90 valence electrons. The van der Waals surface area contributed by atoms with Crippen molar-refractivity contribution in [3.05, 3.63) is 23.8 Å². The first-order valence-corrected chi connectivity index (χ1v) is 6.82. The first-order chi connectivity index (χ1) is 8.05. The van der Waals surface area contributed by atoms with E-state index in [0.29, 0.717) is 6.54 Å². The zero-order valence-corrected chi connectivity index (χ0v) is 9.87. The van der Waals surface area contributed by atoms with E-state index in [4.69, 9.17) is 5.14 Å². The maximum Gasteiger partial charge on any atom is 0.238 e. The smallest absolute Gasteiger partial charge is 0.238 e. The van der Waals surface area contributed by atoms with Crippen molar-refractivity contribution >= 4 is 21.7 Å². The van der Waals surface area contributed by atoms with Crippen LogP contribution in [0.1, 0.15) is 5.56 Å². The lowest BCUT2D eigenvalue weighted by molar-refractivity contribution is 0.597. The van der Waals surface area contributed by atoms with Crippen LogP contribution in [0.5, 0.6) is 0 Å². The van der Waals surface area contributed by atoms with Gasteiger partial charge in [0.15, 0.2) is 5.96 Å². The maximum absolute atomic E-state index is 11.3. The standard InChI is InChI=1S/C10H12N4O2S/c11-17(15,16)8-1-2-9-7(5-8)6-13-10-12-3-4-14(9)10/h1-2,5H,3-4,6H2,(H,12,13)(H2,11,15,16). The van der Waals surface area contributed by atoms with Crippen molar-refractivity contribution in [3.8, 4) is 0 Å². The molecule has 6 nitrogen and oxygen atoms in total. The number of nitrogens with zero attached hydrogens (tertiary/aromatic N) is 2. The summed E-state index contributed by atoms with van der Waals surface area (Å²) < 4.78 is 22.5. The summed E-state index contributed by atoms with van der Waals surface area (Å²) in [5.74, 6) is 0.862. The molecule has 0 bridgehead atoms. The Labute approximate surface area is 99.2 Å². The number of hydrogen-bond donors (Lipinski definition) is 2. The molecule has 2 aliphatic rings. The van der Waals surface area contributed by atoms with Gasteiger partial charge in [0.1, 0.15) is 0 Å². The van der Waals surface area contributed by atoms with Crippen LogP contribution in [0.2, 0.25) is 0 Å². The van der Waals surface area contributed by atoms with E-state index in [1.165, 1.54) is 6.07 Å². The summed E-state index contributed by atoms with van der Waals surface area (Å²) in [5, 5.41) is 8.28. The van der Waals surface area contributed by atoms with Gasteiger partial charge in [-0.2, -0.15) is 0 Å². The van der Waals surface area contributed by atoms with Crippen LogP contribution in [0.15, 0.2) is 28.1 Å². The molecule has 7 heteroatoms. The van der Waals surface area contributed by atoms with E-state index in [1.807, 2.05) is 4.90 Å². The average molecular weight is 252 g/mol. The Kier molecular flexibility index (Phi) is 2.14. The van der Waals surface area contributed by atoms with Gasteiger partial charge in [0.2, 0.25) is 10.0 Å². The predicted molar refractivity (Wildman–Crippen MR) is 64.3 cm³/mol. The van der Waals surface area contributed by atoms with Crippen molar-refractivity contribution in [2.45, 2.75) is 11.4 Å². The van der Waals surface area contributed by atoms with Crippen molar-refractivity contribution in [2.24, 2.45) is 10.1 Å². The summed E-state index contributed by atoms with van der Waals surface area (Å²) in [5.41, 5.74) is 1.90. The van der Waals surface area contributed by atoms with Gasteiger partial charge in [-0.15, -0.1) is 0 Å². The monoisotopic (exact) mass is 252 g/mol. The van der Waals surface area contributed by atoms with Crippen molar-refractivity contribution in [1.82, 2.24) is 5.32 Å². The highest BCUT2D eigenvalue weighted by Crippen LogP contribution is 2.28. The van der Waals surface area contributed by atoms with Crippen LogP contribution in [0, 0.1) is 0 Å². The van der Waals surface area contributed by atoms with Gasteiger partial charge >= 0.3 is 0 Å². The number of sulfonamides is 1. The third-order valence-corrected chi connectivity index (χ3v) is 3.85. The maximum atomic E-state index is 11.3. The topological polar surface area (TPSA) is 87.8 Å². The van der Waals surface area contributed by atoms with E-state index in [0.717, 1.165) is 30.3 Å². The van der Waals surface area contributed by atoms with E-state index in [9.17, 15) is 8.42 Å². The largest absolute Gasteiger partial charge is 0.354 e. The second-order valence-electron chi connectivity index (χ2n) is 4.05. The Morgan fingerprint density at radius 2 is 2.24 bits per heavy atom. The molecule has 1 aromatic carbocycles. The molecule has 17 heavy (non-hydrogen) atoms. The van der Waals surface area contributed by atoms with Crippen molar-refractivity contribution in [1.29, 1.82) is 0 Å². The molecular weight excluding hydrogens is 240 g/mol. The van der Waals surface area contributed by atoms with E-state index >= 15 is 0 Å². The van der Waals surface area contributed by atoms with Gasteiger partial charge in [0.25, 0.3) is 0 Å². The van der Waals surface area contributed by atoms with Crippen LogP contribution < -0.4 is 15.4 Å².